The normalized spacial score (nSPS) is 18.8. The third-order valence-electron chi connectivity index (χ3n) is 7.87. The van der Waals surface area contributed by atoms with Crippen LogP contribution in [-0.2, 0) is 0 Å². The summed E-state index contributed by atoms with van der Waals surface area (Å²) in [6, 6.07) is 7.16. The molecular weight excluding hydrogens is 528 g/mol. The highest BCUT2D eigenvalue weighted by molar-refractivity contribution is 6.03. The zero-order chi connectivity index (χ0) is 29.3. The van der Waals surface area contributed by atoms with Gasteiger partial charge >= 0.3 is 0 Å². The molecule has 10 heteroatoms. The number of carbonyl (C=O) groups is 1. The number of hydrogen-bond donors (Lipinski definition) is 2. The third-order valence-corrected chi connectivity index (χ3v) is 7.87. The molecule has 0 aliphatic heterocycles. The van der Waals surface area contributed by atoms with Crippen molar-refractivity contribution in [2.24, 2.45) is 11.7 Å². The van der Waals surface area contributed by atoms with Gasteiger partial charge in [0.1, 0.15) is 34.5 Å². The van der Waals surface area contributed by atoms with E-state index >= 15 is 8.78 Å². The first-order valence-electron chi connectivity index (χ1n) is 13.7. The molecule has 1 amide bonds. The van der Waals surface area contributed by atoms with Crippen molar-refractivity contribution < 1.29 is 22.8 Å². The molecule has 214 valence electrons. The number of nitrogens with one attached hydrogen (secondary N) is 1. The van der Waals surface area contributed by atoms with Gasteiger partial charge in [0, 0.05) is 17.8 Å². The topological polar surface area (TPSA) is 116 Å². The Balaban J connectivity index is 1.47. The number of aryl methyl sites for hydroxylation is 2. The number of ether oxygens (including phenoxy) is 1. The van der Waals surface area contributed by atoms with Crippen LogP contribution in [0.1, 0.15) is 66.0 Å². The number of anilines is 1. The lowest BCUT2D eigenvalue weighted by Crippen LogP contribution is -2.32. The van der Waals surface area contributed by atoms with Gasteiger partial charge in [-0.05, 0) is 86.4 Å². The van der Waals surface area contributed by atoms with Crippen LogP contribution >= 0.6 is 0 Å². The minimum absolute atomic E-state index is 0.0534. The molecule has 0 spiro atoms. The lowest BCUT2D eigenvalue weighted by Gasteiger charge is -2.33. The van der Waals surface area contributed by atoms with Gasteiger partial charge in [0.05, 0.1) is 30.3 Å². The van der Waals surface area contributed by atoms with Crippen LogP contribution in [0.25, 0.3) is 22.4 Å². The average Bonchev–Trinajstić information content (AvgIpc) is 3.30. The molecule has 1 aliphatic carbocycles. The second-order valence-corrected chi connectivity index (χ2v) is 10.6. The highest BCUT2D eigenvalue weighted by Crippen LogP contribution is 2.41. The van der Waals surface area contributed by atoms with Gasteiger partial charge in [-0.3, -0.25) is 9.78 Å². The predicted molar refractivity (Wildman–Crippen MR) is 152 cm³/mol. The number of hydrogen-bond acceptors (Lipinski definition) is 7. The van der Waals surface area contributed by atoms with Crippen LogP contribution in [0.5, 0.6) is 5.75 Å². The van der Waals surface area contributed by atoms with E-state index in [1.165, 1.54) is 19.2 Å². The van der Waals surface area contributed by atoms with E-state index in [1.54, 1.807) is 32.3 Å². The number of halogens is 2. The van der Waals surface area contributed by atoms with Gasteiger partial charge in [0.25, 0.3) is 5.91 Å². The first kappa shape index (κ1) is 28.4. The van der Waals surface area contributed by atoms with Crippen molar-refractivity contribution in [1.29, 1.82) is 0 Å². The Morgan fingerprint density at radius 3 is 2.63 bits per heavy atom. The molecular formula is C31H33F2N5O3. The maximum absolute atomic E-state index is 15.6. The van der Waals surface area contributed by atoms with Crippen molar-refractivity contribution in [2.75, 3.05) is 12.4 Å². The SMILES string of the molecule is CCC1CC(N)CC(c2ccncc2NC(=O)c2ccc(F)c(-c3c(F)cc(-c4c(C)noc4C)cc3OC)n2)C1. The molecule has 41 heavy (non-hydrogen) atoms. The van der Waals surface area contributed by atoms with Gasteiger partial charge in [-0.25, -0.2) is 13.8 Å². The number of rotatable bonds is 7. The van der Waals surface area contributed by atoms with Crippen LogP contribution in [0.15, 0.2) is 47.2 Å². The van der Waals surface area contributed by atoms with Gasteiger partial charge in [-0.2, -0.15) is 0 Å². The van der Waals surface area contributed by atoms with Crippen LogP contribution in [0.2, 0.25) is 0 Å². The Labute approximate surface area is 237 Å². The maximum Gasteiger partial charge on any atom is 0.274 e. The minimum atomic E-state index is -0.798. The summed E-state index contributed by atoms with van der Waals surface area (Å²) in [7, 11) is 1.36. The van der Waals surface area contributed by atoms with Gasteiger partial charge in [0.2, 0.25) is 0 Å². The largest absolute Gasteiger partial charge is 0.496 e. The van der Waals surface area contributed by atoms with E-state index in [9.17, 15) is 4.79 Å². The maximum atomic E-state index is 15.6. The third kappa shape index (κ3) is 5.69. The highest BCUT2D eigenvalue weighted by atomic mass is 19.1. The molecule has 0 saturated heterocycles. The summed E-state index contributed by atoms with van der Waals surface area (Å²) in [5, 5.41) is 6.80. The second kappa shape index (κ2) is 11.7. The van der Waals surface area contributed by atoms with E-state index in [0.29, 0.717) is 34.2 Å². The van der Waals surface area contributed by atoms with Crippen LogP contribution in [-0.4, -0.2) is 34.2 Å². The first-order valence-corrected chi connectivity index (χ1v) is 13.7. The number of methoxy groups -OCH3 is 1. The van der Waals surface area contributed by atoms with Gasteiger partial charge in [-0.1, -0.05) is 18.5 Å². The smallest absolute Gasteiger partial charge is 0.274 e. The highest BCUT2D eigenvalue weighted by Gasteiger charge is 2.29. The van der Waals surface area contributed by atoms with Crippen molar-refractivity contribution in [2.45, 2.75) is 58.4 Å². The van der Waals surface area contributed by atoms with Gasteiger partial charge in [0.15, 0.2) is 0 Å². The Morgan fingerprint density at radius 2 is 1.93 bits per heavy atom. The van der Waals surface area contributed by atoms with E-state index < -0.39 is 17.5 Å². The number of nitrogens with two attached hydrogens (primary N) is 1. The van der Waals surface area contributed by atoms with Gasteiger partial charge < -0.3 is 20.3 Å². The van der Waals surface area contributed by atoms with Crippen LogP contribution in [0.3, 0.4) is 0 Å². The second-order valence-electron chi connectivity index (χ2n) is 10.6. The molecule has 1 fully saturated rings. The molecule has 0 bridgehead atoms. The quantitative estimate of drug-likeness (QED) is 0.262. The lowest BCUT2D eigenvalue weighted by molar-refractivity contribution is 0.102. The summed E-state index contributed by atoms with van der Waals surface area (Å²) in [4.78, 5) is 21.8. The van der Waals surface area contributed by atoms with Crippen LogP contribution in [0.4, 0.5) is 14.5 Å². The molecule has 3 aromatic heterocycles. The summed E-state index contributed by atoms with van der Waals surface area (Å²) in [5.74, 6) is -0.888. The molecule has 3 unspecified atom stereocenters. The van der Waals surface area contributed by atoms with E-state index in [2.05, 4.69) is 27.4 Å². The fraction of sp³-hybridized carbons (Fsp3) is 0.355. The Kier molecular flexibility index (Phi) is 8.12. The molecule has 8 nitrogen and oxygen atoms in total. The van der Waals surface area contributed by atoms with Crippen molar-refractivity contribution in [3.63, 3.8) is 0 Å². The molecule has 0 radical (unpaired) electrons. The number of amides is 1. The summed E-state index contributed by atoms with van der Waals surface area (Å²) < 4.78 is 41.3. The Hall–Kier alpha value is -4.18. The lowest BCUT2D eigenvalue weighted by atomic mass is 9.75. The van der Waals surface area contributed by atoms with Crippen molar-refractivity contribution in [1.82, 2.24) is 15.1 Å². The minimum Gasteiger partial charge on any atom is -0.496 e. The van der Waals surface area contributed by atoms with Crippen molar-refractivity contribution >= 4 is 11.6 Å². The number of aromatic nitrogens is 3. The molecule has 3 N–H and O–H groups in total. The number of benzene rings is 1. The van der Waals surface area contributed by atoms with E-state index in [1.807, 2.05) is 6.07 Å². The fourth-order valence-corrected chi connectivity index (χ4v) is 5.88. The molecule has 4 aromatic rings. The zero-order valence-electron chi connectivity index (χ0n) is 23.5. The molecule has 5 rings (SSSR count). The molecule has 1 saturated carbocycles. The Bertz CT molecular complexity index is 1570. The van der Waals surface area contributed by atoms with Crippen molar-refractivity contribution in [3.8, 4) is 28.1 Å². The monoisotopic (exact) mass is 561 g/mol. The molecule has 1 aliphatic rings. The first-order chi connectivity index (χ1) is 19.7. The van der Waals surface area contributed by atoms with Crippen molar-refractivity contribution in [3.05, 3.63) is 77.1 Å². The average molecular weight is 562 g/mol. The van der Waals surface area contributed by atoms with Crippen LogP contribution in [0, 0.1) is 31.4 Å². The summed E-state index contributed by atoms with van der Waals surface area (Å²) in [6.07, 6.45) is 7.10. The van der Waals surface area contributed by atoms with Crippen LogP contribution < -0.4 is 15.8 Å². The van der Waals surface area contributed by atoms with E-state index in [4.69, 9.17) is 15.0 Å². The molecule has 3 heterocycles. The molecule has 3 atom stereocenters. The summed E-state index contributed by atoms with van der Waals surface area (Å²) in [6.45, 7) is 5.62. The molecule has 1 aromatic carbocycles. The number of pyridine rings is 2. The van der Waals surface area contributed by atoms with E-state index in [-0.39, 0.29) is 34.7 Å². The number of carbonyl (C=O) groups excluding carboxylic acids is 1. The zero-order valence-corrected chi connectivity index (χ0v) is 23.5. The Morgan fingerprint density at radius 1 is 1.12 bits per heavy atom. The fourth-order valence-electron chi connectivity index (χ4n) is 5.88. The number of nitrogens with zero attached hydrogens (tertiary/aromatic N) is 3. The summed E-state index contributed by atoms with van der Waals surface area (Å²) >= 11 is 0. The predicted octanol–water partition coefficient (Wildman–Crippen LogP) is 6.58. The van der Waals surface area contributed by atoms with Gasteiger partial charge in [-0.15, -0.1) is 0 Å². The standard InChI is InChI=1S/C31H33F2N5O3/c1-5-18-10-19(12-21(34)11-18)22-8-9-35-15-26(22)37-31(39)25-7-6-23(32)30(36-25)29-24(33)13-20(14-27(29)40-4)28-16(2)38-41-17(28)3/h6-9,13-15,18-19,21H,5,10-12,34H2,1-4H3,(H,37,39). The van der Waals surface area contributed by atoms with E-state index in [0.717, 1.165) is 37.3 Å². The summed E-state index contributed by atoms with van der Waals surface area (Å²) in [5.41, 5.74) is 8.89.